The van der Waals surface area contributed by atoms with Crippen molar-refractivity contribution in [3.63, 3.8) is 0 Å². The molecule has 2 saturated heterocycles. The number of nitrogens with one attached hydrogen (secondary N) is 1. The number of benzene rings is 1. The molecule has 0 aliphatic carbocycles. The van der Waals surface area contributed by atoms with Gasteiger partial charge in [0.1, 0.15) is 11.5 Å². The van der Waals surface area contributed by atoms with Crippen LogP contribution in [0.5, 0.6) is 0 Å². The van der Waals surface area contributed by atoms with E-state index in [0.29, 0.717) is 6.54 Å². The highest BCUT2D eigenvalue weighted by Crippen LogP contribution is 2.53. The maximum atomic E-state index is 13.5. The molecule has 1 N–H and O–H groups in total. The predicted molar refractivity (Wildman–Crippen MR) is 115 cm³/mol. The molecule has 1 aromatic rings. The van der Waals surface area contributed by atoms with Gasteiger partial charge in [-0.2, -0.15) is 0 Å². The number of amides is 2. The third kappa shape index (κ3) is 3.65. The number of nitrogens with zero attached hydrogens (tertiary/aromatic N) is 1. The van der Waals surface area contributed by atoms with Gasteiger partial charge in [0.15, 0.2) is 6.10 Å². The van der Waals surface area contributed by atoms with E-state index < -0.39 is 41.2 Å². The number of ether oxygens (including phenoxy) is 2. The highest BCUT2D eigenvalue weighted by Gasteiger charge is 2.67. The summed E-state index contributed by atoms with van der Waals surface area (Å²) in [6.45, 7) is 11.4. The van der Waals surface area contributed by atoms with Crippen LogP contribution < -0.4 is 10.2 Å². The number of hydrogen-bond donors (Lipinski definition) is 1. The van der Waals surface area contributed by atoms with Gasteiger partial charge in [-0.05, 0) is 53.2 Å². The Morgan fingerprint density at radius 3 is 2.65 bits per heavy atom. The Balaban J connectivity index is 1.55. The maximum absolute atomic E-state index is 13.5. The summed E-state index contributed by atoms with van der Waals surface area (Å²) in [6, 6.07) is 5.93. The van der Waals surface area contributed by atoms with Crippen LogP contribution >= 0.6 is 0 Å². The Morgan fingerprint density at radius 1 is 1.29 bits per heavy atom. The number of hydrogen-bond acceptors (Lipinski definition) is 5. The summed E-state index contributed by atoms with van der Waals surface area (Å²) in [7, 11) is 0. The first-order chi connectivity index (χ1) is 14.4. The van der Waals surface area contributed by atoms with Crippen LogP contribution in [0.4, 0.5) is 5.69 Å². The van der Waals surface area contributed by atoms with Gasteiger partial charge in [-0.15, -0.1) is 0 Å². The van der Waals surface area contributed by atoms with Gasteiger partial charge in [-0.3, -0.25) is 14.4 Å². The van der Waals surface area contributed by atoms with Crippen molar-refractivity contribution in [2.45, 2.75) is 64.9 Å². The van der Waals surface area contributed by atoms with Gasteiger partial charge in [0.2, 0.25) is 5.91 Å². The van der Waals surface area contributed by atoms with Crippen LogP contribution in [-0.4, -0.2) is 47.7 Å². The minimum absolute atomic E-state index is 0.146. The van der Waals surface area contributed by atoms with Crippen molar-refractivity contribution in [1.82, 2.24) is 5.32 Å². The van der Waals surface area contributed by atoms with Crippen molar-refractivity contribution in [2.75, 3.05) is 11.4 Å². The fourth-order valence-corrected chi connectivity index (χ4v) is 4.86. The molecule has 4 rings (SSSR count). The van der Waals surface area contributed by atoms with Crippen LogP contribution in [0.2, 0.25) is 0 Å². The Hall–Kier alpha value is -2.67. The molecule has 166 valence electrons. The van der Waals surface area contributed by atoms with E-state index >= 15 is 0 Å². The zero-order chi connectivity index (χ0) is 22.7. The second kappa shape index (κ2) is 7.19. The first-order valence-electron chi connectivity index (χ1n) is 10.7. The molecule has 5 atom stereocenters. The quantitative estimate of drug-likeness (QED) is 0.591. The van der Waals surface area contributed by atoms with Crippen LogP contribution in [0.25, 0.3) is 0 Å². The SMILES string of the molecule is Cc1ccc(N2C[C@@]34C=C[C@@H](O3)[C@H](C(=O)O[C@H](C)C(=O)NC(C)(C)C)[C@@H]4C2=O)c(C)c1. The van der Waals surface area contributed by atoms with Crippen molar-refractivity contribution in [3.05, 3.63) is 41.5 Å². The van der Waals surface area contributed by atoms with Crippen LogP contribution in [0, 0.1) is 25.7 Å². The molecule has 31 heavy (non-hydrogen) atoms. The predicted octanol–water partition coefficient (Wildman–Crippen LogP) is 2.44. The number of carbonyl (C=O) groups excluding carboxylic acids is 3. The lowest BCUT2D eigenvalue weighted by atomic mass is 9.77. The van der Waals surface area contributed by atoms with Crippen LogP contribution in [0.1, 0.15) is 38.8 Å². The molecular formula is C24H30N2O5. The van der Waals surface area contributed by atoms with Gasteiger partial charge in [0, 0.05) is 11.2 Å². The molecule has 0 aromatic heterocycles. The van der Waals surface area contributed by atoms with Gasteiger partial charge in [0.25, 0.3) is 5.91 Å². The normalized spacial score (nSPS) is 29.8. The lowest BCUT2D eigenvalue weighted by Gasteiger charge is -2.26. The van der Waals surface area contributed by atoms with Crippen LogP contribution in [0.3, 0.4) is 0 Å². The molecule has 0 saturated carbocycles. The molecular weight excluding hydrogens is 396 g/mol. The zero-order valence-corrected chi connectivity index (χ0v) is 18.9. The third-order valence-electron chi connectivity index (χ3n) is 6.18. The van der Waals surface area contributed by atoms with Crippen molar-refractivity contribution >= 4 is 23.5 Å². The molecule has 1 aromatic carbocycles. The summed E-state index contributed by atoms with van der Waals surface area (Å²) < 4.78 is 11.6. The summed E-state index contributed by atoms with van der Waals surface area (Å²) in [4.78, 5) is 40.6. The lowest BCUT2D eigenvalue weighted by Crippen LogP contribution is -2.47. The number of aryl methyl sites for hydroxylation is 2. The first-order valence-corrected chi connectivity index (χ1v) is 10.7. The summed E-state index contributed by atoms with van der Waals surface area (Å²) in [5.74, 6) is -2.52. The molecule has 7 nitrogen and oxygen atoms in total. The van der Waals surface area contributed by atoms with Crippen molar-refractivity contribution in [3.8, 4) is 0 Å². The van der Waals surface area contributed by atoms with E-state index in [1.54, 1.807) is 4.90 Å². The van der Waals surface area contributed by atoms with E-state index in [-0.39, 0.29) is 11.8 Å². The topological polar surface area (TPSA) is 84.9 Å². The molecule has 2 fully saturated rings. The summed E-state index contributed by atoms with van der Waals surface area (Å²) in [5.41, 5.74) is 1.67. The highest BCUT2D eigenvalue weighted by molar-refractivity contribution is 6.03. The van der Waals surface area contributed by atoms with E-state index in [2.05, 4.69) is 5.32 Å². The number of esters is 1. The average molecular weight is 427 g/mol. The second-order valence-electron chi connectivity index (χ2n) is 9.93. The summed E-state index contributed by atoms with van der Waals surface area (Å²) >= 11 is 0. The lowest BCUT2D eigenvalue weighted by molar-refractivity contribution is -0.161. The van der Waals surface area contributed by atoms with Crippen molar-refractivity contribution in [1.29, 1.82) is 0 Å². The van der Waals surface area contributed by atoms with Crippen molar-refractivity contribution in [2.24, 2.45) is 11.8 Å². The van der Waals surface area contributed by atoms with E-state index in [4.69, 9.17) is 9.47 Å². The number of rotatable bonds is 4. The molecule has 3 heterocycles. The van der Waals surface area contributed by atoms with Crippen LogP contribution in [-0.2, 0) is 23.9 Å². The Morgan fingerprint density at radius 2 is 2.00 bits per heavy atom. The fourth-order valence-electron chi connectivity index (χ4n) is 4.86. The minimum Gasteiger partial charge on any atom is -0.452 e. The molecule has 0 unspecified atom stereocenters. The Bertz CT molecular complexity index is 979. The number of anilines is 1. The van der Waals surface area contributed by atoms with E-state index in [1.165, 1.54) is 6.92 Å². The van der Waals surface area contributed by atoms with Gasteiger partial charge < -0.3 is 19.7 Å². The molecule has 7 heteroatoms. The molecule has 3 aliphatic heterocycles. The minimum atomic E-state index is -0.960. The zero-order valence-electron chi connectivity index (χ0n) is 18.9. The van der Waals surface area contributed by atoms with E-state index in [0.717, 1.165) is 16.8 Å². The van der Waals surface area contributed by atoms with Gasteiger partial charge in [0.05, 0.1) is 18.6 Å². The summed E-state index contributed by atoms with van der Waals surface area (Å²) in [5, 5.41) is 2.81. The standard InChI is InChI=1S/C24H30N2O5/c1-13-7-8-16(14(2)11-13)26-12-24-10-9-17(31-24)18(19(24)21(26)28)22(29)30-15(3)20(27)25-23(4,5)6/h7-11,15,17-19H,12H2,1-6H3,(H,25,27)/t15-,17-,18+,19-,24-/m1/s1. The molecule has 3 aliphatic rings. The number of fused-ring (bicyclic) bond motifs is 1. The highest BCUT2D eigenvalue weighted by atomic mass is 16.6. The van der Waals surface area contributed by atoms with Crippen molar-refractivity contribution < 1.29 is 23.9 Å². The molecule has 1 spiro atoms. The van der Waals surface area contributed by atoms with E-state index in [9.17, 15) is 14.4 Å². The van der Waals surface area contributed by atoms with Gasteiger partial charge >= 0.3 is 5.97 Å². The summed E-state index contributed by atoms with van der Waals surface area (Å²) in [6.07, 6.45) is 2.27. The molecule has 2 bridgehead atoms. The van der Waals surface area contributed by atoms with E-state index in [1.807, 2.05) is 65.0 Å². The smallest absolute Gasteiger partial charge is 0.313 e. The first kappa shape index (κ1) is 21.6. The van der Waals surface area contributed by atoms with Gasteiger partial charge in [-0.25, -0.2) is 0 Å². The second-order valence-corrected chi connectivity index (χ2v) is 9.93. The Labute approximate surface area is 182 Å². The number of carbonyl (C=O) groups is 3. The van der Waals surface area contributed by atoms with Gasteiger partial charge in [-0.1, -0.05) is 29.8 Å². The third-order valence-corrected chi connectivity index (χ3v) is 6.18. The molecule has 0 radical (unpaired) electrons. The maximum Gasteiger partial charge on any atom is 0.313 e. The molecule has 2 amide bonds. The van der Waals surface area contributed by atoms with Crippen LogP contribution in [0.15, 0.2) is 30.4 Å². The largest absolute Gasteiger partial charge is 0.452 e. The average Bonchev–Trinajstić information content (AvgIpc) is 3.28. The fraction of sp³-hybridized carbons (Fsp3) is 0.542. The Kier molecular flexibility index (Phi) is 5.00. The monoisotopic (exact) mass is 426 g/mol.